The number of likely N-dealkylation sites (tertiary alicyclic amines) is 1. The maximum atomic E-state index is 12.9. The molecule has 2 aliphatic rings. The summed E-state index contributed by atoms with van der Waals surface area (Å²) in [5.41, 5.74) is 1.36. The quantitative estimate of drug-likeness (QED) is 0.785. The molecule has 5 heteroatoms. The summed E-state index contributed by atoms with van der Waals surface area (Å²) in [6.07, 6.45) is 4.35. The minimum atomic E-state index is -0.509. The summed E-state index contributed by atoms with van der Waals surface area (Å²) in [4.78, 5) is 28.4. The maximum Gasteiger partial charge on any atom is 0.247 e. The number of carbonyl (C=O) groups is 2. The molecule has 134 valence electrons. The van der Waals surface area contributed by atoms with Crippen LogP contribution in [0, 0.1) is 5.92 Å². The van der Waals surface area contributed by atoms with Crippen molar-refractivity contribution in [1.82, 2.24) is 9.80 Å². The molecule has 25 heavy (non-hydrogen) atoms. The van der Waals surface area contributed by atoms with Crippen LogP contribution in [0.25, 0.3) is 0 Å². The van der Waals surface area contributed by atoms with E-state index < -0.39 is 6.04 Å². The number of carbonyl (C=O) groups excluding carboxylic acids is 2. The lowest BCUT2D eigenvalue weighted by molar-refractivity contribution is -0.152. The Balaban J connectivity index is 1.55. The summed E-state index contributed by atoms with van der Waals surface area (Å²) in [6, 6.07) is 9.99. The van der Waals surface area contributed by atoms with Crippen LogP contribution in [-0.2, 0) is 20.7 Å². The van der Waals surface area contributed by atoms with Crippen molar-refractivity contribution in [3.8, 4) is 0 Å². The van der Waals surface area contributed by atoms with Crippen LogP contribution in [0.4, 0.5) is 0 Å². The maximum absolute atomic E-state index is 12.9. The van der Waals surface area contributed by atoms with E-state index in [1.807, 2.05) is 11.0 Å². The fraction of sp³-hybridized carbons (Fsp3) is 0.500. The van der Waals surface area contributed by atoms with Gasteiger partial charge in [-0.3, -0.25) is 9.59 Å². The van der Waals surface area contributed by atoms with E-state index in [1.165, 1.54) is 11.6 Å². The Kier molecular flexibility index (Phi) is 5.87. The highest BCUT2D eigenvalue weighted by Crippen LogP contribution is 2.23. The Hall–Kier alpha value is -2.14. The normalized spacial score (nSPS) is 21.8. The van der Waals surface area contributed by atoms with Gasteiger partial charge < -0.3 is 14.5 Å². The molecular weight excluding hydrogens is 316 g/mol. The van der Waals surface area contributed by atoms with E-state index in [9.17, 15) is 9.59 Å². The third-order valence-corrected chi connectivity index (χ3v) is 5.16. The monoisotopic (exact) mass is 342 g/mol. The van der Waals surface area contributed by atoms with Gasteiger partial charge in [0.25, 0.3) is 0 Å². The van der Waals surface area contributed by atoms with Crippen molar-refractivity contribution < 1.29 is 14.3 Å². The Morgan fingerprint density at radius 1 is 1.16 bits per heavy atom. The average molecular weight is 342 g/mol. The van der Waals surface area contributed by atoms with Crippen molar-refractivity contribution >= 4 is 11.8 Å². The van der Waals surface area contributed by atoms with Gasteiger partial charge in [0.2, 0.25) is 11.8 Å². The van der Waals surface area contributed by atoms with Crippen molar-refractivity contribution in [2.45, 2.75) is 25.3 Å². The zero-order valence-electron chi connectivity index (χ0n) is 14.6. The second kappa shape index (κ2) is 8.30. The third-order valence-electron chi connectivity index (χ3n) is 5.16. The Morgan fingerprint density at radius 2 is 1.88 bits per heavy atom. The fourth-order valence-electron chi connectivity index (χ4n) is 3.70. The number of piperidine rings is 1. The van der Waals surface area contributed by atoms with E-state index in [2.05, 4.69) is 30.8 Å². The number of morpholine rings is 1. The first-order valence-corrected chi connectivity index (χ1v) is 9.02. The standard InChI is InChI=1S/C20H26N2O3/c1-2-19(23)22-12-13-25-15-18(22)20(24)21-10-8-17(9-11-21)14-16-6-4-3-5-7-16/h2-7,17-18H,1,8-15H2/t18-/m0/s1. The van der Waals surface area contributed by atoms with E-state index >= 15 is 0 Å². The summed E-state index contributed by atoms with van der Waals surface area (Å²) in [6.45, 7) is 6.25. The molecule has 0 unspecified atom stereocenters. The van der Waals surface area contributed by atoms with Crippen molar-refractivity contribution in [2.24, 2.45) is 5.92 Å². The molecular formula is C20H26N2O3. The summed E-state index contributed by atoms with van der Waals surface area (Å²) < 4.78 is 5.44. The van der Waals surface area contributed by atoms with Gasteiger partial charge in [-0.15, -0.1) is 0 Å². The molecule has 2 amide bonds. The first-order valence-electron chi connectivity index (χ1n) is 9.02. The van der Waals surface area contributed by atoms with Crippen LogP contribution in [0.15, 0.2) is 43.0 Å². The zero-order chi connectivity index (χ0) is 17.6. The molecule has 0 saturated carbocycles. The van der Waals surface area contributed by atoms with Crippen LogP contribution in [0.1, 0.15) is 18.4 Å². The van der Waals surface area contributed by atoms with Crippen molar-refractivity contribution in [2.75, 3.05) is 32.8 Å². The highest BCUT2D eigenvalue weighted by molar-refractivity contribution is 5.93. The van der Waals surface area contributed by atoms with Gasteiger partial charge in [-0.1, -0.05) is 36.9 Å². The van der Waals surface area contributed by atoms with Crippen LogP contribution in [0.2, 0.25) is 0 Å². The SMILES string of the molecule is C=CC(=O)N1CCOC[C@H]1C(=O)N1CCC(Cc2ccccc2)CC1. The molecule has 0 aliphatic carbocycles. The molecule has 2 aliphatic heterocycles. The van der Waals surface area contributed by atoms with Gasteiger partial charge in [-0.25, -0.2) is 0 Å². The molecule has 1 atom stereocenters. The fourth-order valence-corrected chi connectivity index (χ4v) is 3.70. The Labute approximate surface area is 149 Å². The number of amides is 2. The molecule has 2 saturated heterocycles. The van der Waals surface area contributed by atoms with Crippen molar-refractivity contribution in [3.05, 3.63) is 48.6 Å². The number of rotatable bonds is 4. The molecule has 0 radical (unpaired) electrons. The van der Waals surface area contributed by atoms with Gasteiger partial charge in [0.05, 0.1) is 13.2 Å². The van der Waals surface area contributed by atoms with Gasteiger partial charge in [0, 0.05) is 19.6 Å². The molecule has 2 heterocycles. The molecule has 1 aromatic rings. The van der Waals surface area contributed by atoms with E-state index in [4.69, 9.17) is 4.74 Å². The highest BCUT2D eigenvalue weighted by atomic mass is 16.5. The van der Waals surface area contributed by atoms with Gasteiger partial charge in [0.1, 0.15) is 6.04 Å². The highest BCUT2D eigenvalue weighted by Gasteiger charge is 2.35. The summed E-state index contributed by atoms with van der Waals surface area (Å²) in [5.74, 6) is 0.425. The lowest BCUT2D eigenvalue weighted by Crippen LogP contribution is -2.57. The van der Waals surface area contributed by atoms with E-state index in [0.29, 0.717) is 19.1 Å². The van der Waals surface area contributed by atoms with E-state index in [1.54, 1.807) is 4.90 Å². The van der Waals surface area contributed by atoms with Crippen LogP contribution in [-0.4, -0.2) is 60.5 Å². The number of ether oxygens (including phenoxy) is 1. The van der Waals surface area contributed by atoms with E-state index in [-0.39, 0.29) is 18.4 Å². The second-order valence-electron chi connectivity index (χ2n) is 6.78. The van der Waals surface area contributed by atoms with Crippen molar-refractivity contribution in [1.29, 1.82) is 0 Å². The van der Waals surface area contributed by atoms with E-state index in [0.717, 1.165) is 32.4 Å². The minimum absolute atomic E-state index is 0.00746. The molecule has 5 nitrogen and oxygen atoms in total. The third kappa shape index (κ3) is 4.28. The van der Waals surface area contributed by atoms with Gasteiger partial charge in [0.15, 0.2) is 0 Å². The topological polar surface area (TPSA) is 49.9 Å². The zero-order valence-corrected chi connectivity index (χ0v) is 14.6. The first-order chi connectivity index (χ1) is 12.2. The molecule has 2 fully saturated rings. The smallest absolute Gasteiger partial charge is 0.247 e. The van der Waals surface area contributed by atoms with Gasteiger partial charge in [-0.05, 0) is 36.8 Å². The number of hydrogen-bond acceptors (Lipinski definition) is 3. The summed E-state index contributed by atoms with van der Waals surface area (Å²) >= 11 is 0. The Bertz CT molecular complexity index is 609. The lowest BCUT2D eigenvalue weighted by Gasteiger charge is -2.39. The predicted molar refractivity (Wildman–Crippen MR) is 96.0 cm³/mol. The molecule has 0 bridgehead atoms. The largest absolute Gasteiger partial charge is 0.377 e. The summed E-state index contributed by atoms with van der Waals surface area (Å²) in [7, 11) is 0. The van der Waals surface area contributed by atoms with Crippen molar-refractivity contribution in [3.63, 3.8) is 0 Å². The molecule has 0 aromatic heterocycles. The van der Waals surface area contributed by atoms with Crippen LogP contribution in [0.3, 0.4) is 0 Å². The van der Waals surface area contributed by atoms with Crippen LogP contribution in [0.5, 0.6) is 0 Å². The lowest BCUT2D eigenvalue weighted by atomic mass is 9.90. The predicted octanol–water partition coefficient (Wildman–Crippen LogP) is 1.88. The average Bonchev–Trinajstić information content (AvgIpc) is 2.68. The Morgan fingerprint density at radius 3 is 2.56 bits per heavy atom. The van der Waals surface area contributed by atoms with Gasteiger partial charge >= 0.3 is 0 Å². The minimum Gasteiger partial charge on any atom is -0.377 e. The molecule has 0 spiro atoms. The summed E-state index contributed by atoms with van der Waals surface area (Å²) in [5, 5.41) is 0. The van der Waals surface area contributed by atoms with Gasteiger partial charge in [-0.2, -0.15) is 0 Å². The molecule has 3 rings (SSSR count). The number of benzene rings is 1. The van der Waals surface area contributed by atoms with Crippen LogP contribution < -0.4 is 0 Å². The second-order valence-corrected chi connectivity index (χ2v) is 6.78. The molecule has 1 aromatic carbocycles. The molecule has 0 N–H and O–H groups in total. The number of hydrogen-bond donors (Lipinski definition) is 0. The first kappa shape index (κ1) is 17.7. The number of nitrogens with zero attached hydrogens (tertiary/aromatic N) is 2. The van der Waals surface area contributed by atoms with Crippen LogP contribution >= 0.6 is 0 Å².